The van der Waals surface area contributed by atoms with Gasteiger partial charge < -0.3 is 9.73 Å². The number of nitrogens with zero attached hydrogens (tertiary/aromatic N) is 4. The van der Waals surface area contributed by atoms with Gasteiger partial charge in [0.15, 0.2) is 11.6 Å². The molecule has 1 amide bonds. The van der Waals surface area contributed by atoms with Crippen molar-refractivity contribution in [2.75, 3.05) is 5.32 Å². The summed E-state index contributed by atoms with van der Waals surface area (Å²) in [5.74, 6) is -1.14. The van der Waals surface area contributed by atoms with Crippen LogP contribution in [0.3, 0.4) is 0 Å². The molecule has 0 aliphatic heterocycles. The summed E-state index contributed by atoms with van der Waals surface area (Å²) in [6.45, 7) is 6.64. The summed E-state index contributed by atoms with van der Waals surface area (Å²) in [4.78, 5) is 12.4. The predicted molar refractivity (Wildman–Crippen MR) is 101 cm³/mol. The molecule has 1 aromatic carbocycles. The van der Waals surface area contributed by atoms with Crippen LogP contribution in [0.15, 0.2) is 39.8 Å². The normalized spacial score (nSPS) is 12.2. The number of anilines is 1. The van der Waals surface area contributed by atoms with Crippen molar-refractivity contribution in [1.29, 1.82) is 0 Å². The standard InChI is InChI=1S/C17H19FN6O4S/c1-10-20-22-23-24(10)13-9-11(5-6-12(13)18)19-16(25)14-7-8-15(28-14)29(26,27)21-17(2,3)4/h5-9,21H,1-4H3,(H,19,25). The minimum atomic E-state index is -3.92. The van der Waals surface area contributed by atoms with Crippen molar-refractivity contribution in [2.24, 2.45) is 0 Å². The van der Waals surface area contributed by atoms with Gasteiger partial charge in [-0.1, -0.05) is 0 Å². The second kappa shape index (κ2) is 7.37. The molecule has 0 saturated heterocycles. The van der Waals surface area contributed by atoms with Gasteiger partial charge in [-0.2, -0.15) is 4.68 Å². The number of hydrogen-bond acceptors (Lipinski definition) is 7. The molecule has 0 radical (unpaired) electrons. The summed E-state index contributed by atoms with van der Waals surface area (Å²) in [6, 6.07) is 6.26. The van der Waals surface area contributed by atoms with Crippen molar-refractivity contribution in [2.45, 2.75) is 38.3 Å². The van der Waals surface area contributed by atoms with E-state index in [9.17, 15) is 17.6 Å². The molecule has 0 atom stereocenters. The molecule has 3 rings (SSSR count). The molecule has 3 aromatic rings. The molecule has 0 bridgehead atoms. The van der Waals surface area contributed by atoms with Crippen molar-refractivity contribution >= 4 is 21.6 Å². The highest BCUT2D eigenvalue weighted by Crippen LogP contribution is 2.21. The van der Waals surface area contributed by atoms with Gasteiger partial charge >= 0.3 is 0 Å². The molecule has 2 aromatic heterocycles. The summed E-state index contributed by atoms with van der Waals surface area (Å²) >= 11 is 0. The molecule has 0 spiro atoms. The number of aromatic nitrogens is 4. The summed E-state index contributed by atoms with van der Waals surface area (Å²) < 4.78 is 47.5. The smallest absolute Gasteiger partial charge is 0.291 e. The Balaban J connectivity index is 1.82. The van der Waals surface area contributed by atoms with Gasteiger partial charge in [0.2, 0.25) is 5.09 Å². The second-order valence-corrected chi connectivity index (χ2v) is 8.85. The van der Waals surface area contributed by atoms with Crippen molar-refractivity contribution in [3.63, 3.8) is 0 Å². The zero-order chi connectivity index (χ0) is 21.4. The third-order valence-electron chi connectivity index (χ3n) is 3.57. The van der Waals surface area contributed by atoms with Crippen LogP contribution >= 0.6 is 0 Å². The van der Waals surface area contributed by atoms with E-state index in [1.54, 1.807) is 27.7 Å². The minimum Gasteiger partial charge on any atom is -0.438 e. The number of rotatable bonds is 5. The van der Waals surface area contributed by atoms with E-state index in [4.69, 9.17) is 4.42 Å². The van der Waals surface area contributed by atoms with E-state index < -0.39 is 27.3 Å². The predicted octanol–water partition coefficient (Wildman–Crippen LogP) is 2.03. The van der Waals surface area contributed by atoms with Crippen molar-refractivity contribution in [3.8, 4) is 5.69 Å². The van der Waals surface area contributed by atoms with Gasteiger partial charge in [-0.15, -0.1) is 5.10 Å². The number of halogens is 1. The van der Waals surface area contributed by atoms with Crippen LogP contribution in [-0.2, 0) is 10.0 Å². The van der Waals surface area contributed by atoms with Crippen LogP contribution in [-0.4, -0.2) is 40.1 Å². The lowest BCUT2D eigenvalue weighted by Gasteiger charge is -2.18. The van der Waals surface area contributed by atoms with Gasteiger partial charge in [0, 0.05) is 11.2 Å². The molecule has 29 heavy (non-hydrogen) atoms. The number of aryl methyl sites for hydroxylation is 1. The fraction of sp³-hybridized carbons (Fsp3) is 0.294. The third-order valence-corrected chi connectivity index (χ3v) is 5.20. The molecular weight excluding hydrogens is 403 g/mol. The first-order valence-electron chi connectivity index (χ1n) is 8.46. The van der Waals surface area contributed by atoms with E-state index in [-0.39, 0.29) is 22.2 Å². The van der Waals surface area contributed by atoms with Crippen molar-refractivity contribution in [3.05, 3.63) is 47.7 Å². The fourth-order valence-electron chi connectivity index (χ4n) is 2.44. The topological polar surface area (TPSA) is 132 Å². The van der Waals surface area contributed by atoms with Crippen LogP contribution in [0.2, 0.25) is 0 Å². The number of hydrogen-bond donors (Lipinski definition) is 2. The molecule has 0 saturated carbocycles. The Bertz CT molecular complexity index is 1160. The number of tetrazole rings is 1. The summed E-state index contributed by atoms with van der Waals surface area (Å²) in [5.41, 5.74) is -0.426. The Kier molecular flexibility index (Phi) is 5.24. The number of carbonyl (C=O) groups is 1. The van der Waals surface area contributed by atoms with E-state index in [0.717, 1.165) is 6.07 Å². The van der Waals surface area contributed by atoms with Gasteiger partial charge in [0.05, 0.1) is 0 Å². The quantitative estimate of drug-likeness (QED) is 0.643. The van der Waals surface area contributed by atoms with Crippen LogP contribution in [0.4, 0.5) is 10.1 Å². The third kappa shape index (κ3) is 4.66. The van der Waals surface area contributed by atoms with E-state index in [1.807, 2.05) is 0 Å². The number of amides is 1. The molecule has 0 unspecified atom stereocenters. The minimum absolute atomic E-state index is 0.0439. The highest BCUT2D eigenvalue weighted by atomic mass is 32.2. The average molecular weight is 422 g/mol. The molecule has 0 aliphatic rings. The number of furan rings is 1. The second-order valence-electron chi connectivity index (χ2n) is 7.23. The molecular formula is C17H19FN6O4S. The highest BCUT2D eigenvalue weighted by Gasteiger charge is 2.26. The van der Waals surface area contributed by atoms with E-state index >= 15 is 0 Å². The number of sulfonamides is 1. The SMILES string of the molecule is Cc1nnnn1-c1cc(NC(=O)c2ccc(S(=O)(=O)NC(C)(C)C)o2)ccc1F. The number of carbonyl (C=O) groups excluding carboxylic acids is 1. The first-order valence-corrected chi connectivity index (χ1v) is 9.95. The summed E-state index contributed by atoms with van der Waals surface area (Å²) in [7, 11) is -3.92. The van der Waals surface area contributed by atoms with Crippen molar-refractivity contribution in [1.82, 2.24) is 24.9 Å². The average Bonchev–Trinajstić information content (AvgIpc) is 3.24. The number of benzene rings is 1. The lowest BCUT2D eigenvalue weighted by atomic mass is 10.1. The molecule has 2 heterocycles. The van der Waals surface area contributed by atoms with Crippen LogP contribution in [0, 0.1) is 12.7 Å². The maximum Gasteiger partial charge on any atom is 0.291 e. The zero-order valence-corrected chi connectivity index (χ0v) is 16.9. The maximum absolute atomic E-state index is 14.1. The van der Waals surface area contributed by atoms with Crippen molar-refractivity contribution < 1.29 is 22.0 Å². The Morgan fingerprint density at radius 3 is 2.55 bits per heavy atom. The molecule has 154 valence electrons. The van der Waals surface area contributed by atoms with Crippen LogP contribution in [0.25, 0.3) is 5.69 Å². The first kappa shape index (κ1) is 20.6. The molecule has 10 nitrogen and oxygen atoms in total. The largest absolute Gasteiger partial charge is 0.438 e. The van der Waals surface area contributed by atoms with Gasteiger partial charge in [0.1, 0.15) is 11.5 Å². The van der Waals surface area contributed by atoms with Gasteiger partial charge in [-0.05, 0) is 68.5 Å². The first-order chi connectivity index (χ1) is 13.5. The van der Waals surface area contributed by atoms with E-state index in [1.165, 1.54) is 28.9 Å². The Labute approximate surface area is 166 Å². The molecule has 0 fully saturated rings. The highest BCUT2D eigenvalue weighted by molar-refractivity contribution is 7.89. The fourth-order valence-corrected chi connectivity index (χ4v) is 3.79. The zero-order valence-electron chi connectivity index (χ0n) is 16.1. The number of nitrogens with one attached hydrogen (secondary N) is 2. The molecule has 2 N–H and O–H groups in total. The lowest BCUT2D eigenvalue weighted by molar-refractivity contribution is 0.0991. The van der Waals surface area contributed by atoms with E-state index in [2.05, 4.69) is 25.6 Å². The Morgan fingerprint density at radius 1 is 1.21 bits per heavy atom. The Hall–Kier alpha value is -3.12. The van der Waals surface area contributed by atoms with Gasteiger partial charge in [-0.25, -0.2) is 17.5 Å². The van der Waals surface area contributed by atoms with Gasteiger partial charge in [0.25, 0.3) is 15.9 Å². The summed E-state index contributed by atoms with van der Waals surface area (Å²) in [5, 5.41) is 13.0. The van der Waals surface area contributed by atoms with E-state index in [0.29, 0.717) is 5.82 Å². The monoisotopic (exact) mass is 422 g/mol. The maximum atomic E-state index is 14.1. The van der Waals surface area contributed by atoms with Crippen LogP contribution in [0.1, 0.15) is 37.2 Å². The van der Waals surface area contributed by atoms with Crippen LogP contribution < -0.4 is 10.0 Å². The molecule has 12 heteroatoms. The lowest BCUT2D eigenvalue weighted by Crippen LogP contribution is -2.40. The van der Waals surface area contributed by atoms with Crippen LogP contribution in [0.5, 0.6) is 0 Å². The van der Waals surface area contributed by atoms with Gasteiger partial charge in [-0.3, -0.25) is 4.79 Å². The Morgan fingerprint density at radius 2 is 1.93 bits per heavy atom. The summed E-state index contributed by atoms with van der Waals surface area (Å²) in [6.07, 6.45) is 0. The molecule has 0 aliphatic carbocycles.